The fourth-order valence-corrected chi connectivity index (χ4v) is 3.37. The van der Waals surface area contributed by atoms with E-state index in [0.717, 1.165) is 11.6 Å². The Balaban J connectivity index is 1.80. The summed E-state index contributed by atoms with van der Waals surface area (Å²) in [5, 5.41) is 8.59. The minimum absolute atomic E-state index is 0.516. The molecular weight excluding hydrogens is 232 g/mol. The Kier molecular flexibility index (Phi) is 2.93. The van der Waals surface area contributed by atoms with Crippen LogP contribution in [0.15, 0.2) is 24.4 Å². The topological polar surface area (TPSA) is 42.2 Å². The summed E-state index contributed by atoms with van der Waals surface area (Å²) in [5.41, 5.74) is 0.897. The molecule has 0 aliphatic heterocycles. The molecule has 1 N–H and O–H groups in total. The van der Waals surface area contributed by atoms with Crippen LogP contribution in [-0.4, -0.2) is 32.1 Å². The van der Waals surface area contributed by atoms with Crippen molar-refractivity contribution in [1.82, 2.24) is 14.6 Å². The van der Waals surface area contributed by atoms with Gasteiger partial charge in [-0.2, -0.15) is 16.7 Å². The molecule has 2 aromatic heterocycles. The number of aromatic nitrogens is 3. The molecule has 5 heteroatoms. The number of hydrogen-bond acceptors (Lipinski definition) is 4. The smallest absolute Gasteiger partial charge is 0.243 e. The Hall–Kier alpha value is -1.23. The molecular formula is C12H16N4S. The van der Waals surface area contributed by atoms with Gasteiger partial charge in [0, 0.05) is 17.5 Å². The second-order valence-electron chi connectivity index (χ2n) is 4.39. The van der Waals surface area contributed by atoms with E-state index >= 15 is 0 Å². The molecule has 1 saturated carbocycles. The average molecular weight is 248 g/mol. The van der Waals surface area contributed by atoms with E-state index in [1.165, 1.54) is 19.3 Å². The summed E-state index contributed by atoms with van der Waals surface area (Å²) in [4.78, 5) is 4.48. The van der Waals surface area contributed by atoms with Crippen molar-refractivity contribution in [3.63, 3.8) is 0 Å². The van der Waals surface area contributed by atoms with Crippen LogP contribution in [0.4, 0.5) is 5.95 Å². The molecule has 1 aliphatic carbocycles. The highest BCUT2D eigenvalue weighted by Crippen LogP contribution is 2.30. The number of fused-ring (bicyclic) bond motifs is 1. The second-order valence-corrected chi connectivity index (χ2v) is 5.47. The minimum Gasteiger partial charge on any atom is -0.349 e. The van der Waals surface area contributed by atoms with Gasteiger partial charge in [-0.1, -0.05) is 12.5 Å². The van der Waals surface area contributed by atoms with Gasteiger partial charge in [0.1, 0.15) is 0 Å². The summed E-state index contributed by atoms with van der Waals surface area (Å²) in [6.45, 7) is 0. The van der Waals surface area contributed by atoms with Crippen molar-refractivity contribution in [1.29, 1.82) is 0 Å². The van der Waals surface area contributed by atoms with Crippen LogP contribution in [0.2, 0.25) is 0 Å². The molecule has 0 radical (unpaired) electrons. The molecule has 2 unspecified atom stereocenters. The Morgan fingerprint density at radius 1 is 1.41 bits per heavy atom. The Bertz CT molecular complexity index is 477. The lowest BCUT2D eigenvalue weighted by Gasteiger charge is -2.17. The first-order valence-electron chi connectivity index (χ1n) is 5.97. The van der Waals surface area contributed by atoms with Gasteiger partial charge in [0.25, 0.3) is 0 Å². The summed E-state index contributed by atoms with van der Waals surface area (Å²) in [6.07, 6.45) is 7.93. The van der Waals surface area contributed by atoms with Gasteiger partial charge >= 0.3 is 0 Å². The highest BCUT2D eigenvalue weighted by molar-refractivity contribution is 7.99. The number of thioether (sulfide) groups is 1. The van der Waals surface area contributed by atoms with Gasteiger partial charge in [-0.25, -0.2) is 4.52 Å². The fraction of sp³-hybridized carbons (Fsp3) is 0.500. The van der Waals surface area contributed by atoms with Gasteiger partial charge in [0.05, 0.1) is 0 Å². The molecule has 0 spiro atoms. The number of hydrogen-bond donors (Lipinski definition) is 1. The maximum atomic E-state index is 4.48. The van der Waals surface area contributed by atoms with Gasteiger partial charge in [-0.05, 0) is 31.2 Å². The van der Waals surface area contributed by atoms with Crippen molar-refractivity contribution in [3.8, 4) is 0 Å². The summed E-state index contributed by atoms with van der Waals surface area (Å²) in [5.74, 6) is 0.752. The molecule has 2 aromatic rings. The molecule has 0 aromatic carbocycles. The van der Waals surface area contributed by atoms with Crippen molar-refractivity contribution >= 4 is 23.4 Å². The number of nitrogens with zero attached hydrogens (tertiary/aromatic N) is 3. The molecule has 17 heavy (non-hydrogen) atoms. The number of rotatable bonds is 3. The first-order chi connectivity index (χ1) is 8.36. The van der Waals surface area contributed by atoms with E-state index in [0.29, 0.717) is 11.3 Å². The van der Waals surface area contributed by atoms with Gasteiger partial charge in [-0.15, -0.1) is 5.10 Å². The van der Waals surface area contributed by atoms with Gasteiger partial charge in [0.2, 0.25) is 5.95 Å². The van der Waals surface area contributed by atoms with Crippen molar-refractivity contribution < 1.29 is 0 Å². The van der Waals surface area contributed by atoms with Crippen LogP contribution < -0.4 is 5.32 Å². The standard InChI is InChI=1S/C12H16N4S/c1-17-10-6-4-5-9(10)13-12-14-11-7-2-3-8-16(11)15-12/h2-3,7-10H,4-6H2,1H3,(H,13,15). The van der Waals surface area contributed by atoms with Gasteiger partial charge in [0.15, 0.2) is 5.65 Å². The molecule has 90 valence electrons. The van der Waals surface area contributed by atoms with E-state index in [1.807, 2.05) is 40.7 Å². The van der Waals surface area contributed by atoms with Gasteiger partial charge < -0.3 is 5.32 Å². The maximum Gasteiger partial charge on any atom is 0.243 e. The first kappa shape index (κ1) is 10.9. The van der Waals surface area contributed by atoms with E-state index in [1.54, 1.807) is 0 Å². The average Bonchev–Trinajstić information content (AvgIpc) is 2.94. The van der Waals surface area contributed by atoms with E-state index < -0.39 is 0 Å². The third-order valence-electron chi connectivity index (χ3n) is 3.31. The maximum absolute atomic E-state index is 4.48. The van der Waals surface area contributed by atoms with E-state index in [4.69, 9.17) is 0 Å². The third-order valence-corrected chi connectivity index (χ3v) is 4.48. The van der Waals surface area contributed by atoms with Crippen LogP contribution in [0, 0.1) is 0 Å². The molecule has 1 fully saturated rings. The Morgan fingerprint density at radius 3 is 3.18 bits per heavy atom. The largest absolute Gasteiger partial charge is 0.349 e. The predicted octanol–water partition coefficient (Wildman–Crippen LogP) is 2.43. The lowest BCUT2D eigenvalue weighted by atomic mass is 10.2. The van der Waals surface area contributed by atoms with Crippen LogP contribution >= 0.6 is 11.8 Å². The van der Waals surface area contributed by atoms with Crippen molar-refractivity contribution in [2.45, 2.75) is 30.6 Å². The minimum atomic E-state index is 0.516. The van der Waals surface area contributed by atoms with Crippen molar-refractivity contribution in [3.05, 3.63) is 24.4 Å². The van der Waals surface area contributed by atoms with Crippen LogP contribution in [-0.2, 0) is 0 Å². The third kappa shape index (κ3) is 2.11. The van der Waals surface area contributed by atoms with Crippen LogP contribution in [0.25, 0.3) is 5.65 Å². The molecule has 0 amide bonds. The molecule has 2 heterocycles. The van der Waals surface area contributed by atoms with Gasteiger partial charge in [-0.3, -0.25) is 0 Å². The zero-order valence-corrected chi connectivity index (χ0v) is 10.7. The second kappa shape index (κ2) is 4.56. The summed E-state index contributed by atoms with van der Waals surface area (Å²) < 4.78 is 1.81. The number of anilines is 1. The van der Waals surface area contributed by atoms with E-state index in [-0.39, 0.29) is 0 Å². The lowest BCUT2D eigenvalue weighted by molar-refractivity contribution is 0.755. The highest BCUT2D eigenvalue weighted by atomic mass is 32.2. The van der Waals surface area contributed by atoms with Crippen molar-refractivity contribution in [2.75, 3.05) is 11.6 Å². The normalized spacial score (nSPS) is 24.3. The molecule has 0 saturated heterocycles. The number of pyridine rings is 1. The zero-order chi connectivity index (χ0) is 11.7. The monoisotopic (exact) mass is 248 g/mol. The van der Waals surface area contributed by atoms with E-state index in [9.17, 15) is 0 Å². The highest BCUT2D eigenvalue weighted by Gasteiger charge is 2.27. The zero-order valence-electron chi connectivity index (χ0n) is 9.84. The summed E-state index contributed by atoms with van der Waals surface area (Å²) >= 11 is 1.94. The van der Waals surface area contributed by atoms with Crippen molar-refractivity contribution in [2.24, 2.45) is 0 Å². The lowest BCUT2D eigenvalue weighted by Crippen LogP contribution is -2.26. The first-order valence-corrected chi connectivity index (χ1v) is 7.26. The molecule has 2 atom stereocenters. The quantitative estimate of drug-likeness (QED) is 0.906. The van der Waals surface area contributed by atoms with Crippen LogP contribution in [0.1, 0.15) is 19.3 Å². The van der Waals surface area contributed by atoms with Crippen LogP contribution in [0.3, 0.4) is 0 Å². The Morgan fingerprint density at radius 2 is 2.35 bits per heavy atom. The SMILES string of the molecule is CSC1CCCC1Nc1nc2ccccn2n1. The number of nitrogens with one attached hydrogen (secondary N) is 1. The van der Waals surface area contributed by atoms with E-state index in [2.05, 4.69) is 21.7 Å². The summed E-state index contributed by atoms with van der Waals surface area (Å²) in [6, 6.07) is 6.43. The molecule has 3 rings (SSSR count). The van der Waals surface area contributed by atoms with Crippen LogP contribution in [0.5, 0.6) is 0 Å². The summed E-state index contributed by atoms with van der Waals surface area (Å²) in [7, 11) is 0. The molecule has 1 aliphatic rings. The molecule has 0 bridgehead atoms. The predicted molar refractivity (Wildman–Crippen MR) is 71.6 cm³/mol. The Labute approximate surface area is 105 Å². The molecule has 4 nitrogen and oxygen atoms in total. The fourth-order valence-electron chi connectivity index (χ4n) is 2.43.